The van der Waals surface area contributed by atoms with Crippen LogP contribution in [0.1, 0.15) is 18.9 Å². The average molecular weight is 466 g/mol. The third-order valence-corrected chi connectivity index (χ3v) is 6.99. The number of benzene rings is 2. The predicted molar refractivity (Wildman–Crippen MR) is 117 cm³/mol. The molecule has 3 rings (SSSR count). The fraction of sp³-hybridized carbons (Fsp3) is 0.333. The van der Waals surface area contributed by atoms with Crippen LogP contribution >= 0.6 is 11.6 Å². The van der Waals surface area contributed by atoms with E-state index in [1.165, 1.54) is 19.2 Å². The van der Waals surface area contributed by atoms with Crippen LogP contribution in [0, 0.1) is 5.41 Å². The zero-order chi connectivity index (χ0) is 22.9. The highest BCUT2D eigenvalue weighted by atomic mass is 35.5. The van der Waals surface area contributed by atoms with Crippen LogP contribution in [0.4, 0.5) is 5.69 Å². The minimum atomic E-state index is -3.42. The van der Waals surface area contributed by atoms with Gasteiger partial charge in [-0.05, 0) is 42.8 Å². The van der Waals surface area contributed by atoms with Gasteiger partial charge in [-0.1, -0.05) is 29.8 Å². The third kappa shape index (κ3) is 4.45. The van der Waals surface area contributed by atoms with Crippen LogP contribution in [0.2, 0.25) is 5.02 Å². The van der Waals surface area contributed by atoms with Gasteiger partial charge in [0.1, 0.15) is 5.41 Å². The summed E-state index contributed by atoms with van der Waals surface area (Å²) in [5.41, 5.74) is 4.87. The summed E-state index contributed by atoms with van der Waals surface area (Å²) in [6, 6.07) is 12.9. The third-order valence-electron chi connectivity index (χ3n) is 5.63. The summed E-state index contributed by atoms with van der Waals surface area (Å²) in [6.07, 6.45) is 0.968. The van der Waals surface area contributed by atoms with Gasteiger partial charge in [0.15, 0.2) is 9.84 Å². The number of sulfone groups is 1. The Hall–Kier alpha value is -2.46. The summed E-state index contributed by atoms with van der Waals surface area (Å²) in [7, 11) is -2.12. The number of halogens is 1. The van der Waals surface area contributed by atoms with E-state index in [9.17, 15) is 18.0 Å². The number of ether oxygens (including phenoxy) is 1. The fourth-order valence-electron chi connectivity index (χ4n) is 3.85. The Labute approximate surface area is 186 Å². The lowest BCUT2D eigenvalue weighted by Gasteiger charge is -2.40. The molecule has 10 heteroatoms. The van der Waals surface area contributed by atoms with Gasteiger partial charge in [0.05, 0.1) is 24.0 Å². The number of anilines is 1. The van der Waals surface area contributed by atoms with Gasteiger partial charge in [0.25, 0.3) is 0 Å². The molecule has 0 spiro atoms. The standard InChI is InChI=1S/C21H24ClN3O5S/c1-20(19(27)30-2)13-23-25-21(20,14-7-9-15(22)10-8-14)12-18(26)24-16-5-4-6-17(11-16)31(3,28)29/h4-11,23,25H,12-13H2,1-3H3,(H,24,26). The van der Waals surface area contributed by atoms with Crippen molar-refractivity contribution in [2.45, 2.75) is 23.8 Å². The molecule has 1 aliphatic heterocycles. The Balaban J connectivity index is 1.97. The molecule has 1 heterocycles. The van der Waals surface area contributed by atoms with Crippen molar-refractivity contribution in [1.82, 2.24) is 10.9 Å². The first-order valence-corrected chi connectivity index (χ1v) is 11.7. The fourth-order valence-corrected chi connectivity index (χ4v) is 4.64. The first-order valence-electron chi connectivity index (χ1n) is 9.46. The molecule has 2 unspecified atom stereocenters. The molecule has 0 bridgehead atoms. The molecule has 3 N–H and O–H groups in total. The summed E-state index contributed by atoms with van der Waals surface area (Å²) in [6.45, 7) is 1.96. The highest BCUT2D eigenvalue weighted by Gasteiger charge is 2.59. The highest BCUT2D eigenvalue weighted by molar-refractivity contribution is 7.90. The predicted octanol–water partition coefficient (Wildman–Crippen LogP) is 2.25. The Morgan fingerprint density at radius 1 is 1.19 bits per heavy atom. The van der Waals surface area contributed by atoms with Crippen molar-refractivity contribution in [2.24, 2.45) is 5.41 Å². The molecule has 2 atom stereocenters. The SMILES string of the molecule is COC(=O)C1(C)CNNC1(CC(=O)Nc1cccc(S(C)(=O)=O)c1)c1ccc(Cl)cc1. The topological polar surface area (TPSA) is 114 Å². The van der Waals surface area contributed by atoms with Crippen LogP contribution in [0.5, 0.6) is 0 Å². The van der Waals surface area contributed by atoms with Crippen LogP contribution < -0.4 is 16.2 Å². The van der Waals surface area contributed by atoms with Crippen LogP contribution in [-0.4, -0.2) is 40.2 Å². The van der Waals surface area contributed by atoms with Crippen LogP contribution in [0.15, 0.2) is 53.4 Å². The first kappa shape index (κ1) is 23.2. The van der Waals surface area contributed by atoms with Crippen LogP contribution in [0.3, 0.4) is 0 Å². The molecule has 1 amide bonds. The van der Waals surface area contributed by atoms with E-state index >= 15 is 0 Å². The van der Waals surface area contributed by atoms with E-state index in [1.807, 2.05) is 0 Å². The number of amides is 1. The van der Waals surface area contributed by atoms with Crippen molar-refractivity contribution in [1.29, 1.82) is 0 Å². The quantitative estimate of drug-likeness (QED) is 0.560. The zero-order valence-corrected chi connectivity index (χ0v) is 18.9. The smallest absolute Gasteiger partial charge is 0.315 e. The van der Waals surface area contributed by atoms with Gasteiger partial charge in [-0.25, -0.2) is 13.8 Å². The van der Waals surface area contributed by atoms with Crippen molar-refractivity contribution in [3.8, 4) is 0 Å². The lowest BCUT2D eigenvalue weighted by atomic mass is 9.66. The number of hydrogen-bond donors (Lipinski definition) is 3. The van der Waals surface area contributed by atoms with Crippen molar-refractivity contribution in [3.05, 3.63) is 59.1 Å². The number of methoxy groups -OCH3 is 1. The van der Waals surface area contributed by atoms with Crippen molar-refractivity contribution < 1.29 is 22.7 Å². The number of carbonyl (C=O) groups is 2. The minimum Gasteiger partial charge on any atom is -0.468 e. The first-order chi connectivity index (χ1) is 14.5. The second kappa shape index (κ2) is 8.58. The van der Waals surface area contributed by atoms with Gasteiger partial charge in [-0.3, -0.25) is 15.0 Å². The second-order valence-electron chi connectivity index (χ2n) is 7.74. The molecular formula is C21H24ClN3O5S. The molecule has 0 aliphatic carbocycles. The number of nitrogens with one attached hydrogen (secondary N) is 3. The van der Waals surface area contributed by atoms with Crippen LogP contribution in [0.25, 0.3) is 0 Å². The molecule has 166 valence electrons. The molecule has 31 heavy (non-hydrogen) atoms. The summed E-state index contributed by atoms with van der Waals surface area (Å²) in [5.74, 6) is -0.890. The molecule has 1 saturated heterocycles. The van der Waals surface area contributed by atoms with E-state index in [-0.39, 0.29) is 17.9 Å². The molecule has 0 radical (unpaired) electrons. The van der Waals surface area contributed by atoms with E-state index in [4.69, 9.17) is 16.3 Å². The highest BCUT2D eigenvalue weighted by Crippen LogP contribution is 2.46. The largest absolute Gasteiger partial charge is 0.468 e. The Morgan fingerprint density at radius 3 is 2.48 bits per heavy atom. The van der Waals surface area contributed by atoms with Crippen molar-refractivity contribution >= 4 is 39.0 Å². The van der Waals surface area contributed by atoms with Gasteiger partial charge >= 0.3 is 5.97 Å². The van der Waals surface area contributed by atoms with Gasteiger partial charge < -0.3 is 10.1 Å². The lowest BCUT2D eigenvalue weighted by molar-refractivity contribution is -0.155. The maximum absolute atomic E-state index is 13.1. The molecule has 2 aromatic carbocycles. The molecule has 2 aromatic rings. The molecule has 1 aliphatic rings. The number of rotatable bonds is 6. The maximum atomic E-state index is 13.1. The van der Waals surface area contributed by atoms with E-state index in [0.29, 0.717) is 16.3 Å². The molecular weight excluding hydrogens is 442 g/mol. The van der Waals surface area contributed by atoms with Gasteiger partial charge in [-0.15, -0.1) is 0 Å². The van der Waals surface area contributed by atoms with Gasteiger partial charge in [0, 0.05) is 23.5 Å². The van der Waals surface area contributed by atoms with E-state index < -0.39 is 32.7 Å². The van der Waals surface area contributed by atoms with E-state index in [0.717, 1.165) is 6.26 Å². The van der Waals surface area contributed by atoms with Crippen molar-refractivity contribution in [2.75, 3.05) is 25.2 Å². The molecule has 0 saturated carbocycles. The summed E-state index contributed by atoms with van der Waals surface area (Å²) >= 11 is 6.03. The number of hydrogen-bond acceptors (Lipinski definition) is 7. The average Bonchev–Trinajstić information content (AvgIpc) is 3.05. The normalized spacial score (nSPS) is 23.4. The minimum absolute atomic E-state index is 0.0952. The maximum Gasteiger partial charge on any atom is 0.315 e. The second-order valence-corrected chi connectivity index (χ2v) is 10.2. The number of hydrazine groups is 1. The van der Waals surface area contributed by atoms with Gasteiger partial charge in [0.2, 0.25) is 5.91 Å². The monoisotopic (exact) mass is 465 g/mol. The van der Waals surface area contributed by atoms with Gasteiger partial charge in [-0.2, -0.15) is 0 Å². The number of esters is 1. The summed E-state index contributed by atoms with van der Waals surface area (Å²) < 4.78 is 28.7. The lowest BCUT2D eigenvalue weighted by Crippen LogP contribution is -2.55. The molecule has 1 fully saturated rings. The summed E-state index contributed by atoms with van der Waals surface area (Å²) in [5, 5.41) is 3.25. The molecule has 0 aromatic heterocycles. The molecule has 8 nitrogen and oxygen atoms in total. The Bertz CT molecular complexity index is 1110. The zero-order valence-electron chi connectivity index (χ0n) is 17.4. The number of carbonyl (C=O) groups excluding carboxylic acids is 2. The Morgan fingerprint density at radius 2 is 1.87 bits per heavy atom. The van der Waals surface area contributed by atoms with Crippen molar-refractivity contribution in [3.63, 3.8) is 0 Å². The summed E-state index contributed by atoms with van der Waals surface area (Å²) in [4.78, 5) is 25.9. The Kier molecular flexibility index (Phi) is 6.43. The van der Waals surface area contributed by atoms with E-state index in [1.54, 1.807) is 43.3 Å². The van der Waals surface area contributed by atoms with E-state index in [2.05, 4.69) is 16.2 Å². The van der Waals surface area contributed by atoms with Crippen LogP contribution in [-0.2, 0) is 29.7 Å².